The van der Waals surface area contributed by atoms with Crippen LogP contribution in [0.4, 0.5) is 8.78 Å². The second kappa shape index (κ2) is 6.24. The fourth-order valence-corrected chi connectivity index (χ4v) is 1.73. The summed E-state index contributed by atoms with van der Waals surface area (Å²) in [5.41, 5.74) is 0.546. The number of nitriles is 1. The van der Waals surface area contributed by atoms with Gasteiger partial charge in [-0.3, -0.25) is 0 Å². The van der Waals surface area contributed by atoms with Gasteiger partial charge >= 0.3 is 0 Å². The minimum absolute atomic E-state index is 0.00140. The van der Waals surface area contributed by atoms with Crippen LogP contribution in [0.1, 0.15) is 23.0 Å². The van der Waals surface area contributed by atoms with Crippen LogP contribution in [-0.4, -0.2) is 5.11 Å². The molecule has 0 saturated carbocycles. The lowest BCUT2D eigenvalue weighted by Gasteiger charge is -2.14. The van der Waals surface area contributed by atoms with E-state index in [0.29, 0.717) is 0 Å². The van der Waals surface area contributed by atoms with Crippen LogP contribution >= 0.6 is 0 Å². The number of aliphatic hydroxyl groups excluding tert-OH is 1. The summed E-state index contributed by atoms with van der Waals surface area (Å²) in [4.78, 5) is 0. The lowest BCUT2D eigenvalue weighted by molar-refractivity contribution is -0.112. The van der Waals surface area contributed by atoms with E-state index in [-0.39, 0.29) is 23.3 Å². The Balaban J connectivity index is 2.11. The Bertz CT molecular complexity index is 653. The van der Waals surface area contributed by atoms with Gasteiger partial charge in [-0.25, -0.2) is 8.78 Å². The normalized spacial score (nSPS) is 11.9. The van der Waals surface area contributed by atoms with E-state index in [4.69, 9.17) is 10.00 Å². The van der Waals surface area contributed by atoms with E-state index in [1.54, 1.807) is 12.1 Å². The summed E-state index contributed by atoms with van der Waals surface area (Å²) in [6.07, 6.45) is -1.38. The molecule has 20 heavy (non-hydrogen) atoms. The molecule has 0 radical (unpaired) electrons. The van der Waals surface area contributed by atoms with E-state index >= 15 is 0 Å². The Morgan fingerprint density at radius 3 is 2.70 bits per heavy atom. The van der Waals surface area contributed by atoms with Crippen molar-refractivity contribution in [2.75, 3.05) is 0 Å². The summed E-state index contributed by atoms with van der Waals surface area (Å²) in [6.45, 7) is -0.301. The van der Waals surface area contributed by atoms with Gasteiger partial charge in [0.15, 0.2) is 6.29 Å². The molecule has 3 nitrogen and oxygen atoms in total. The molecule has 1 N–H and O–H groups in total. The second-order valence-corrected chi connectivity index (χ2v) is 4.10. The van der Waals surface area contributed by atoms with Gasteiger partial charge in [0.05, 0.1) is 18.2 Å². The zero-order valence-corrected chi connectivity index (χ0v) is 10.4. The number of ether oxygens (including phenoxy) is 1. The number of benzene rings is 2. The van der Waals surface area contributed by atoms with E-state index in [1.165, 1.54) is 12.1 Å². The van der Waals surface area contributed by atoms with Gasteiger partial charge in [0.25, 0.3) is 0 Å². The number of hydrogen-bond acceptors (Lipinski definition) is 3. The third-order valence-electron chi connectivity index (χ3n) is 2.75. The smallest absolute Gasteiger partial charge is 0.182 e. The molecule has 0 saturated heterocycles. The molecule has 2 aromatic carbocycles. The van der Waals surface area contributed by atoms with Gasteiger partial charge in [-0.15, -0.1) is 0 Å². The van der Waals surface area contributed by atoms with Gasteiger partial charge in [0.1, 0.15) is 11.6 Å². The Hall–Kier alpha value is -2.29. The van der Waals surface area contributed by atoms with Crippen LogP contribution in [0.2, 0.25) is 0 Å². The third-order valence-corrected chi connectivity index (χ3v) is 2.75. The van der Waals surface area contributed by atoms with Crippen molar-refractivity contribution in [2.45, 2.75) is 12.9 Å². The van der Waals surface area contributed by atoms with Crippen molar-refractivity contribution < 1.29 is 18.6 Å². The van der Waals surface area contributed by atoms with E-state index in [0.717, 1.165) is 18.2 Å². The summed E-state index contributed by atoms with van der Waals surface area (Å²) in [7, 11) is 0. The first-order valence-electron chi connectivity index (χ1n) is 5.84. The maximum atomic E-state index is 13.4. The van der Waals surface area contributed by atoms with Gasteiger partial charge in [-0.2, -0.15) is 5.26 Å². The maximum Gasteiger partial charge on any atom is 0.182 e. The Morgan fingerprint density at radius 2 is 1.95 bits per heavy atom. The van der Waals surface area contributed by atoms with Crippen LogP contribution in [0.25, 0.3) is 0 Å². The highest BCUT2D eigenvalue weighted by molar-refractivity contribution is 5.38. The second-order valence-electron chi connectivity index (χ2n) is 4.10. The Morgan fingerprint density at radius 1 is 1.20 bits per heavy atom. The van der Waals surface area contributed by atoms with Crippen molar-refractivity contribution in [1.82, 2.24) is 0 Å². The fourth-order valence-electron chi connectivity index (χ4n) is 1.73. The summed E-state index contributed by atoms with van der Waals surface area (Å²) >= 11 is 0. The van der Waals surface area contributed by atoms with Crippen LogP contribution in [0.5, 0.6) is 0 Å². The molecule has 0 fully saturated rings. The van der Waals surface area contributed by atoms with Crippen molar-refractivity contribution in [1.29, 1.82) is 5.26 Å². The first-order valence-corrected chi connectivity index (χ1v) is 5.84. The number of halogens is 2. The van der Waals surface area contributed by atoms with Crippen molar-refractivity contribution in [3.05, 3.63) is 70.8 Å². The molecule has 2 rings (SSSR count). The molecular formula is C15H11F2NO2. The summed E-state index contributed by atoms with van der Waals surface area (Å²) < 4.78 is 31.5. The quantitative estimate of drug-likeness (QED) is 0.872. The fraction of sp³-hybridized carbons (Fsp3) is 0.133. The number of nitrogens with zero attached hydrogens (tertiary/aromatic N) is 1. The zero-order chi connectivity index (χ0) is 14.5. The standard InChI is InChI=1S/C15H11F2NO2/c16-12-5-6-14(17)11(7-12)9-20-15(19)13-4-2-1-3-10(13)8-18/h1-7,15,19H,9H2. The lowest BCUT2D eigenvalue weighted by atomic mass is 10.1. The SMILES string of the molecule is N#Cc1ccccc1C(O)OCc1cc(F)ccc1F. The van der Waals surface area contributed by atoms with Gasteiger partial charge in [-0.1, -0.05) is 18.2 Å². The predicted molar refractivity (Wildman–Crippen MR) is 67.3 cm³/mol. The zero-order valence-electron chi connectivity index (χ0n) is 10.4. The topological polar surface area (TPSA) is 53.2 Å². The maximum absolute atomic E-state index is 13.4. The van der Waals surface area contributed by atoms with Crippen LogP contribution in [0.3, 0.4) is 0 Å². The molecule has 1 atom stereocenters. The molecule has 5 heteroatoms. The van der Waals surface area contributed by atoms with Crippen LogP contribution in [-0.2, 0) is 11.3 Å². The van der Waals surface area contributed by atoms with E-state index in [2.05, 4.69) is 0 Å². The Kier molecular flexibility index (Phi) is 4.41. The van der Waals surface area contributed by atoms with E-state index < -0.39 is 17.9 Å². The third kappa shape index (κ3) is 3.18. The minimum Gasteiger partial charge on any atom is -0.364 e. The molecule has 0 amide bonds. The molecule has 0 spiro atoms. The highest BCUT2D eigenvalue weighted by Gasteiger charge is 2.13. The Labute approximate surface area is 114 Å². The van der Waals surface area contributed by atoms with Gasteiger partial charge in [-0.05, 0) is 24.3 Å². The molecule has 0 bridgehead atoms. The van der Waals surface area contributed by atoms with Crippen LogP contribution in [0, 0.1) is 23.0 Å². The van der Waals surface area contributed by atoms with Crippen LogP contribution < -0.4 is 0 Å². The first kappa shape index (κ1) is 14.1. The van der Waals surface area contributed by atoms with E-state index in [9.17, 15) is 13.9 Å². The summed E-state index contributed by atoms with van der Waals surface area (Å²) in [5, 5.41) is 18.8. The van der Waals surface area contributed by atoms with Crippen molar-refractivity contribution in [3.63, 3.8) is 0 Å². The summed E-state index contributed by atoms with van der Waals surface area (Å²) in [6, 6.07) is 11.3. The molecule has 0 aliphatic rings. The highest BCUT2D eigenvalue weighted by atomic mass is 19.1. The molecular weight excluding hydrogens is 264 g/mol. The minimum atomic E-state index is -1.38. The van der Waals surface area contributed by atoms with Crippen molar-refractivity contribution >= 4 is 0 Å². The molecule has 1 unspecified atom stereocenters. The molecule has 2 aromatic rings. The van der Waals surface area contributed by atoms with Gasteiger partial charge in [0.2, 0.25) is 0 Å². The average molecular weight is 275 g/mol. The van der Waals surface area contributed by atoms with E-state index in [1.807, 2.05) is 6.07 Å². The van der Waals surface area contributed by atoms with Gasteiger partial charge < -0.3 is 9.84 Å². The largest absolute Gasteiger partial charge is 0.364 e. The molecule has 0 aliphatic carbocycles. The average Bonchev–Trinajstić information content (AvgIpc) is 2.47. The monoisotopic (exact) mass is 275 g/mol. The highest BCUT2D eigenvalue weighted by Crippen LogP contribution is 2.21. The molecule has 0 heterocycles. The van der Waals surface area contributed by atoms with Gasteiger partial charge in [0, 0.05) is 11.1 Å². The molecule has 102 valence electrons. The van der Waals surface area contributed by atoms with Crippen LogP contribution in [0.15, 0.2) is 42.5 Å². The molecule has 0 aromatic heterocycles. The summed E-state index contributed by atoms with van der Waals surface area (Å²) in [5.74, 6) is -1.20. The number of rotatable bonds is 4. The first-order chi connectivity index (χ1) is 9.61. The lowest BCUT2D eigenvalue weighted by Crippen LogP contribution is -2.06. The molecule has 0 aliphatic heterocycles. The number of aliphatic hydroxyl groups is 1. The van der Waals surface area contributed by atoms with Crippen molar-refractivity contribution in [2.24, 2.45) is 0 Å². The number of hydrogen-bond donors (Lipinski definition) is 1. The predicted octanol–water partition coefficient (Wildman–Crippen LogP) is 3.04. The van der Waals surface area contributed by atoms with Crippen molar-refractivity contribution in [3.8, 4) is 6.07 Å².